The lowest BCUT2D eigenvalue weighted by Crippen LogP contribution is -2.08. The number of aliphatic hydroxyl groups excluding tert-OH is 1. The fourth-order valence-corrected chi connectivity index (χ4v) is 0.771. The number of hydrogen-bond donors (Lipinski definition) is 3. The van der Waals surface area contributed by atoms with Gasteiger partial charge in [0.2, 0.25) is 0 Å². The van der Waals surface area contributed by atoms with E-state index >= 15 is 0 Å². The van der Waals surface area contributed by atoms with Crippen molar-refractivity contribution in [2.45, 2.75) is 6.42 Å². The van der Waals surface area contributed by atoms with Gasteiger partial charge in [-0.15, -0.1) is 0 Å². The van der Waals surface area contributed by atoms with Gasteiger partial charge in [0.15, 0.2) is 0 Å². The maximum absolute atomic E-state index is 8.97. The van der Waals surface area contributed by atoms with E-state index in [-0.39, 0.29) is 6.61 Å². The highest BCUT2D eigenvalue weighted by atomic mass is 32.2. The van der Waals surface area contributed by atoms with Crippen LogP contribution in [-0.2, 0) is 10.3 Å². The number of hydrogen-bond acceptors (Lipinski definition) is 4. The monoisotopic (exact) mass is 249 g/mol. The number of para-hydroxylation sites is 1. The zero-order valence-corrected chi connectivity index (χ0v) is 9.43. The summed E-state index contributed by atoms with van der Waals surface area (Å²) in [7, 11) is -4.17. The van der Waals surface area contributed by atoms with Crippen LogP contribution in [-0.4, -0.2) is 31.3 Å². The van der Waals surface area contributed by atoms with Crippen molar-refractivity contribution in [2.24, 2.45) is 5.14 Å². The van der Waals surface area contributed by atoms with Crippen LogP contribution in [0.4, 0.5) is 0 Å². The molecule has 0 saturated heterocycles. The van der Waals surface area contributed by atoms with E-state index in [1.165, 1.54) is 0 Å². The van der Waals surface area contributed by atoms with Crippen molar-refractivity contribution in [1.29, 1.82) is 0 Å². The highest BCUT2D eigenvalue weighted by Gasteiger charge is 1.88. The quantitative estimate of drug-likeness (QED) is 0.521. The minimum atomic E-state index is -4.17. The Balaban J connectivity index is 0.000000385. The molecule has 0 spiro atoms. The second-order valence-electron chi connectivity index (χ2n) is 2.75. The molecule has 4 N–H and O–H groups in total. The van der Waals surface area contributed by atoms with Crippen molar-refractivity contribution in [2.75, 3.05) is 13.2 Å². The highest BCUT2D eigenvalue weighted by molar-refractivity contribution is 7.83. The van der Waals surface area contributed by atoms with Gasteiger partial charge in [-0.05, 0) is 12.1 Å². The maximum atomic E-state index is 8.97. The van der Waals surface area contributed by atoms with Crippen LogP contribution in [0.5, 0.6) is 5.75 Å². The van der Waals surface area contributed by atoms with Crippen LogP contribution in [0.3, 0.4) is 0 Å². The van der Waals surface area contributed by atoms with Gasteiger partial charge in [0.1, 0.15) is 5.75 Å². The van der Waals surface area contributed by atoms with Gasteiger partial charge in [-0.25, -0.2) is 5.14 Å². The molecule has 1 aromatic rings. The van der Waals surface area contributed by atoms with Crippen molar-refractivity contribution in [3.8, 4) is 5.75 Å². The van der Waals surface area contributed by atoms with Crippen LogP contribution in [0.25, 0.3) is 0 Å². The molecule has 92 valence electrons. The molecule has 0 aromatic heterocycles. The van der Waals surface area contributed by atoms with Crippen molar-refractivity contribution in [1.82, 2.24) is 0 Å². The van der Waals surface area contributed by atoms with E-state index < -0.39 is 10.3 Å². The van der Waals surface area contributed by atoms with Crippen LogP contribution in [0.1, 0.15) is 6.42 Å². The van der Waals surface area contributed by atoms with Gasteiger partial charge in [0.05, 0.1) is 6.61 Å². The zero-order valence-electron chi connectivity index (χ0n) is 8.61. The van der Waals surface area contributed by atoms with E-state index in [4.69, 9.17) is 22.8 Å². The third-order valence-corrected chi connectivity index (χ3v) is 1.31. The molecule has 1 aromatic carbocycles. The number of benzene rings is 1. The SMILES string of the molecule is NS(=O)(=O)O.OCCCOc1ccccc1. The first-order valence-corrected chi connectivity index (χ1v) is 5.97. The lowest BCUT2D eigenvalue weighted by atomic mass is 10.3. The normalized spacial score (nSPS) is 10.2. The molecule has 0 fully saturated rings. The smallest absolute Gasteiger partial charge is 0.330 e. The first-order valence-electron chi connectivity index (χ1n) is 4.47. The molecule has 0 bridgehead atoms. The number of nitrogens with two attached hydrogens (primary N) is 1. The predicted molar refractivity (Wildman–Crippen MR) is 59.4 cm³/mol. The Hall–Kier alpha value is -1.15. The summed E-state index contributed by atoms with van der Waals surface area (Å²) < 4.78 is 30.5. The summed E-state index contributed by atoms with van der Waals surface area (Å²) >= 11 is 0. The predicted octanol–water partition coefficient (Wildman–Crippen LogP) is 0.196. The van der Waals surface area contributed by atoms with E-state index in [2.05, 4.69) is 5.14 Å². The molecule has 0 saturated carbocycles. The summed E-state index contributed by atoms with van der Waals surface area (Å²) in [6, 6.07) is 9.59. The standard InChI is InChI=1S/C9H12O2.H3NO3S/c10-7-4-8-11-9-5-2-1-3-6-9;1-5(2,3)4/h1-3,5-6,10H,4,7-8H2;(H3,1,2,3,4). The molecule has 1 rings (SSSR count). The van der Waals surface area contributed by atoms with Gasteiger partial charge in [-0.2, -0.15) is 8.42 Å². The Kier molecular flexibility index (Phi) is 7.48. The summed E-state index contributed by atoms with van der Waals surface area (Å²) in [4.78, 5) is 0. The van der Waals surface area contributed by atoms with Gasteiger partial charge in [-0.3, -0.25) is 4.55 Å². The van der Waals surface area contributed by atoms with Crippen LogP contribution in [0, 0.1) is 0 Å². The molecule has 0 unspecified atom stereocenters. The Morgan fingerprint density at radius 3 is 2.19 bits per heavy atom. The lowest BCUT2D eigenvalue weighted by molar-refractivity contribution is 0.233. The second kappa shape index (κ2) is 8.05. The van der Waals surface area contributed by atoms with E-state index in [1.54, 1.807) is 0 Å². The Bertz CT molecular complexity index is 357. The van der Waals surface area contributed by atoms with Crippen LogP contribution in [0.2, 0.25) is 0 Å². The minimum Gasteiger partial charge on any atom is -0.494 e. The fraction of sp³-hybridized carbons (Fsp3) is 0.333. The van der Waals surface area contributed by atoms with E-state index in [0.29, 0.717) is 13.0 Å². The molecule has 7 heteroatoms. The topological polar surface area (TPSA) is 110 Å². The molecular weight excluding hydrogens is 234 g/mol. The minimum absolute atomic E-state index is 0.187. The third-order valence-electron chi connectivity index (χ3n) is 1.31. The number of rotatable bonds is 4. The second-order valence-corrected chi connectivity index (χ2v) is 3.78. The zero-order chi connectivity index (χ0) is 12.4. The first kappa shape index (κ1) is 14.8. The van der Waals surface area contributed by atoms with Gasteiger partial charge in [0.25, 0.3) is 0 Å². The fourth-order valence-electron chi connectivity index (χ4n) is 0.771. The molecule has 0 heterocycles. The molecule has 0 radical (unpaired) electrons. The summed E-state index contributed by atoms with van der Waals surface area (Å²) in [5.41, 5.74) is 0. The Morgan fingerprint density at radius 2 is 1.75 bits per heavy atom. The molecule has 0 aliphatic carbocycles. The van der Waals surface area contributed by atoms with Crippen molar-refractivity contribution in [3.63, 3.8) is 0 Å². The Labute approximate surface area is 94.5 Å². The van der Waals surface area contributed by atoms with E-state index in [1.807, 2.05) is 30.3 Å². The van der Waals surface area contributed by atoms with Gasteiger partial charge < -0.3 is 9.84 Å². The molecule has 0 amide bonds. The van der Waals surface area contributed by atoms with Gasteiger partial charge in [-0.1, -0.05) is 18.2 Å². The highest BCUT2D eigenvalue weighted by Crippen LogP contribution is 2.07. The average Bonchev–Trinajstić information content (AvgIpc) is 2.17. The van der Waals surface area contributed by atoms with Crippen LogP contribution >= 0.6 is 0 Å². The molecule has 6 nitrogen and oxygen atoms in total. The number of aliphatic hydroxyl groups is 1. The largest absolute Gasteiger partial charge is 0.494 e. The molecular formula is C9H15NO5S. The summed E-state index contributed by atoms with van der Waals surface area (Å²) in [6.45, 7) is 0.771. The third kappa shape index (κ3) is 12.8. The van der Waals surface area contributed by atoms with Crippen LogP contribution < -0.4 is 9.88 Å². The summed E-state index contributed by atoms with van der Waals surface area (Å²) in [5.74, 6) is 0.862. The first-order chi connectivity index (χ1) is 7.43. The molecule has 16 heavy (non-hydrogen) atoms. The summed E-state index contributed by atoms with van der Waals surface area (Å²) in [5, 5.41) is 12.3. The Morgan fingerprint density at radius 1 is 1.25 bits per heavy atom. The van der Waals surface area contributed by atoms with Gasteiger partial charge in [0, 0.05) is 13.0 Å². The van der Waals surface area contributed by atoms with Crippen molar-refractivity contribution >= 4 is 10.3 Å². The molecule has 0 aliphatic heterocycles. The lowest BCUT2D eigenvalue weighted by Gasteiger charge is -2.02. The van der Waals surface area contributed by atoms with E-state index in [0.717, 1.165) is 5.75 Å². The van der Waals surface area contributed by atoms with Crippen LogP contribution in [0.15, 0.2) is 30.3 Å². The summed E-state index contributed by atoms with van der Waals surface area (Å²) in [6.07, 6.45) is 0.689. The van der Waals surface area contributed by atoms with Gasteiger partial charge >= 0.3 is 10.3 Å². The average molecular weight is 249 g/mol. The maximum Gasteiger partial charge on any atom is 0.330 e. The van der Waals surface area contributed by atoms with E-state index in [9.17, 15) is 0 Å². The van der Waals surface area contributed by atoms with Crippen molar-refractivity contribution < 1.29 is 22.8 Å². The molecule has 0 atom stereocenters. The number of ether oxygens (including phenoxy) is 1. The van der Waals surface area contributed by atoms with Crippen molar-refractivity contribution in [3.05, 3.63) is 30.3 Å². The molecule has 0 aliphatic rings.